The molecule has 7 aromatic carbocycles. The van der Waals surface area contributed by atoms with Crippen molar-refractivity contribution in [2.45, 2.75) is 6.17 Å². The van der Waals surface area contributed by atoms with E-state index in [9.17, 15) is 0 Å². The first-order valence-corrected chi connectivity index (χ1v) is 14.8. The molecule has 0 saturated heterocycles. The number of hydrogen-bond donors (Lipinski definition) is 1. The zero-order chi connectivity index (χ0) is 28.3. The molecule has 0 bridgehead atoms. The van der Waals surface area contributed by atoms with Crippen molar-refractivity contribution in [1.82, 2.24) is 4.57 Å². The summed E-state index contributed by atoms with van der Waals surface area (Å²) < 4.78 is 2.44. The number of nitrogens with zero attached hydrogens (tertiary/aromatic N) is 2. The molecule has 1 unspecified atom stereocenters. The van der Waals surface area contributed by atoms with Crippen molar-refractivity contribution in [3.05, 3.63) is 168 Å². The predicted octanol–water partition coefficient (Wildman–Crippen LogP) is 10.1. The lowest BCUT2D eigenvalue weighted by Gasteiger charge is -2.27. The Morgan fingerprint density at radius 1 is 0.512 bits per heavy atom. The zero-order valence-corrected chi connectivity index (χ0v) is 23.4. The molecule has 0 saturated carbocycles. The lowest BCUT2D eigenvalue weighted by atomic mass is 9.95. The summed E-state index contributed by atoms with van der Waals surface area (Å²) in [6, 6.07) is 54.3. The van der Waals surface area contributed by atoms with Crippen molar-refractivity contribution in [3.63, 3.8) is 0 Å². The molecule has 1 aliphatic rings. The van der Waals surface area contributed by atoms with Gasteiger partial charge in [-0.2, -0.15) is 0 Å². The van der Waals surface area contributed by atoms with E-state index >= 15 is 0 Å². The van der Waals surface area contributed by atoms with Crippen molar-refractivity contribution in [2.75, 3.05) is 5.32 Å². The van der Waals surface area contributed by atoms with Crippen LogP contribution in [0, 0.1) is 0 Å². The monoisotopic (exact) mass is 549 g/mol. The van der Waals surface area contributed by atoms with Gasteiger partial charge in [0.15, 0.2) is 0 Å². The van der Waals surface area contributed by atoms with E-state index in [-0.39, 0.29) is 6.17 Å². The van der Waals surface area contributed by atoms with Gasteiger partial charge in [0.05, 0.1) is 22.4 Å². The summed E-state index contributed by atoms with van der Waals surface area (Å²) in [5.41, 5.74) is 9.12. The Bertz CT molecular complexity index is 2380. The molecular weight excluding hydrogens is 522 g/mol. The number of aromatic nitrogens is 1. The van der Waals surface area contributed by atoms with Crippen LogP contribution in [0.5, 0.6) is 0 Å². The number of fused-ring (bicyclic) bond motifs is 6. The molecule has 0 aliphatic carbocycles. The summed E-state index contributed by atoms with van der Waals surface area (Å²) in [4.78, 5) is 5.34. The Hall–Kier alpha value is -5.67. The number of nitrogens with one attached hydrogen (secondary N) is 1. The fraction of sp³-hybridized carbons (Fsp3) is 0.0250. The Balaban J connectivity index is 1.29. The molecule has 0 radical (unpaired) electrons. The minimum atomic E-state index is -0.217. The number of aliphatic imine (C=N–C) groups is 1. The molecule has 1 N–H and O–H groups in total. The van der Waals surface area contributed by atoms with Crippen LogP contribution in [0.1, 0.15) is 22.9 Å². The van der Waals surface area contributed by atoms with E-state index in [1.54, 1.807) is 0 Å². The van der Waals surface area contributed by atoms with Gasteiger partial charge >= 0.3 is 0 Å². The zero-order valence-electron chi connectivity index (χ0n) is 23.4. The van der Waals surface area contributed by atoms with E-state index in [4.69, 9.17) is 4.99 Å². The van der Waals surface area contributed by atoms with Gasteiger partial charge in [0.25, 0.3) is 0 Å². The molecule has 1 aliphatic heterocycles. The van der Waals surface area contributed by atoms with Crippen LogP contribution in [0.15, 0.2) is 157 Å². The standard InChI is InChI=1S/C40H27N3/c1-2-12-26(13-3-1)39-33-19-8-10-20-35(33)41-40(42-39)32-22-23-37(30-17-7-6-16-29(30)32)43-36-21-11-9-18-31(36)34-24-27-14-4-5-15-28(27)25-38(34)43/h1-25,40-41H. The maximum absolute atomic E-state index is 5.34. The summed E-state index contributed by atoms with van der Waals surface area (Å²) in [6.45, 7) is 0. The minimum Gasteiger partial charge on any atom is -0.359 e. The molecule has 8 aromatic rings. The minimum absolute atomic E-state index is 0.217. The van der Waals surface area contributed by atoms with Gasteiger partial charge in [-0.1, -0.05) is 121 Å². The van der Waals surface area contributed by atoms with Gasteiger partial charge in [-0.25, -0.2) is 0 Å². The summed E-state index contributed by atoms with van der Waals surface area (Å²) in [6.07, 6.45) is -0.217. The Labute approximate surface area is 249 Å². The SMILES string of the molecule is c1ccc(C2=NC(c3ccc(-n4c5ccccc5c5cc6ccccc6cc54)c4ccccc34)Nc3ccccc32)cc1. The summed E-state index contributed by atoms with van der Waals surface area (Å²) >= 11 is 0. The van der Waals surface area contributed by atoms with Gasteiger partial charge in [0.1, 0.15) is 6.17 Å². The van der Waals surface area contributed by atoms with E-state index in [1.165, 1.54) is 49.0 Å². The topological polar surface area (TPSA) is 29.3 Å². The first kappa shape index (κ1) is 24.0. The normalized spacial score (nSPS) is 14.6. The van der Waals surface area contributed by atoms with Crippen molar-refractivity contribution >= 4 is 54.7 Å². The van der Waals surface area contributed by atoms with Crippen LogP contribution in [0.25, 0.3) is 49.0 Å². The average molecular weight is 550 g/mol. The third-order valence-electron chi connectivity index (χ3n) is 8.79. The van der Waals surface area contributed by atoms with Crippen LogP contribution in [0.4, 0.5) is 5.69 Å². The quantitative estimate of drug-likeness (QED) is 0.233. The Morgan fingerprint density at radius 3 is 2.05 bits per heavy atom. The Kier molecular flexibility index (Phi) is 5.26. The molecule has 43 heavy (non-hydrogen) atoms. The second kappa shape index (κ2) is 9.43. The second-order valence-electron chi connectivity index (χ2n) is 11.2. The molecule has 9 rings (SSSR count). The van der Waals surface area contributed by atoms with Gasteiger partial charge in [-0.3, -0.25) is 4.99 Å². The predicted molar refractivity (Wildman–Crippen MR) is 181 cm³/mol. The second-order valence-corrected chi connectivity index (χ2v) is 11.2. The molecule has 0 spiro atoms. The van der Waals surface area contributed by atoms with E-state index in [2.05, 4.69) is 162 Å². The molecule has 3 nitrogen and oxygen atoms in total. The molecule has 2 heterocycles. The largest absolute Gasteiger partial charge is 0.359 e. The van der Waals surface area contributed by atoms with Crippen LogP contribution >= 0.6 is 0 Å². The Morgan fingerprint density at radius 2 is 1.19 bits per heavy atom. The average Bonchev–Trinajstić information content (AvgIpc) is 3.39. The highest BCUT2D eigenvalue weighted by atomic mass is 15.1. The van der Waals surface area contributed by atoms with Crippen LogP contribution in [0.3, 0.4) is 0 Å². The van der Waals surface area contributed by atoms with Gasteiger partial charge in [-0.15, -0.1) is 0 Å². The lowest BCUT2D eigenvalue weighted by Crippen LogP contribution is -2.21. The fourth-order valence-corrected chi connectivity index (χ4v) is 6.82. The summed E-state index contributed by atoms with van der Waals surface area (Å²) in [7, 11) is 0. The van der Waals surface area contributed by atoms with Gasteiger partial charge < -0.3 is 9.88 Å². The van der Waals surface area contributed by atoms with Crippen molar-refractivity contribution < 1.29 is 0 Å². The number of rotatable bonds is 3. The molecule has 3 heteroatoms. The fourth-order valence-electron chi connectivity index (χ4n) is 6.82. The van der Waals surface area contributed by atoms with E-state index in [0.29, 0.717) is 0 Å². The van der Waals surface area contributed by atoms with Gasteiger partial charge in [0.2, 0.25) is 0 Å². The van der Waals surface area contributed by atoms with E-state index in [1.807, 2.05) is 0 Å². The molecule has 1 aromatic heterocycles. The summed E-state index contributed by atoms with van der Waals surface area (Å²) in [5.74, 6) is 0. The molecule has 202 valence electrons. The molecular formula is C40H27N3. The lowest BCUT2D eigenvalue weighted by molar-refractivity contribution is 0.836. The molecule has 1 atom stereocenters. The third kappa shape index (κ3) is 3.72. The third-order valence-corrected chi connectivity index (χ3v) is 8.79. The summed E-state index contributed by atoms with van der Waals surface area (Å²) in [5, 5.41) is 11.2. The number of anilines is 1. The maximum Gasteiger partial charge on any atom is 0.146 e. The molecule has 0 amide bonds. The first-order valence-electron chi connectivity index (χ1n) is 14.8. The van der Waals surface area contributed by atoms with Crippen LogP contribution in [-0.4, -0.2) is 10.3 Å². The van der Waals surface area contributed by atoms with Crippen molar-refractivity contribution in [1.29, 1.82) is 0 Å². The smallest absolute Gasteiger partial charge is 0.146 e. The van der Waals surface area contributed by atoms with E-state index in [0.717, 1.165) is 28.1 Å². The van der Waals surface area contributed by atoms with Crippen LogP contribution in [0.2, 0.25) is 0 Å². The van der Waals surface area contributed by atoms with Crippen molar-refractivity contribution in [3.8, 4) is 5.69 Å². The van der Waals surface area contributed by atoms with E-state index < -0.39 is 0 Å². The highest BCUT2D eigenvalue weighted by Crippen LogP contribution is 2.40. The maximum atomic E-state index is 5.34. The first-order chi connectivity index (χ1) is 21.3. The number of para-hydroxylation sites is 2. The van der Waals surface area contributed by atoms with Crippen molar-refractivity contribution in [2.24, 2.45) is 4.99 Å². The number of benzene rings is 7. The number of hydrogen-bond acceptors (Lipinski definition) is 2. The highest BCUT2D eigenvalue weighted by molar-refractivity contribution is 6.17. The molecule has 0 fully saturated rings. The van der Waals surface area contributed by atoms with Gasteiger partial charge in [-0.05, 0) is 46.5 Å². The van der Waals surface area contributed by atoms with Crippen LogP contribution in [-0.2, 0) is 0 Å². The highest BCUT2D eigenvalue weighted by Gasteiger charge is 2.25. The van der Waals surface area contributed by atoms with Gasteiger partial charge in [0, 0.05) is 38.5 Å². The van der Waals surface area contributed by atoms with Crippen LogP contribution < -0.4 is 5.32 Å².